The Bertz CT molecular complexity index is 491. The van der Waals surface area contributed by atoms with Crippen molar-refractivity contribution in [3.63, 3.8) is 0 Å². The topological polar surface area (TPSA) is 51.7 Å². The number of hydrogen-bond donors (Lipinski definition) is 0. The summed E-state index contributed by atoms with van der Waals surface area (Å²) < 4.78 is 11.1. The van der Waals surface area contributed by atoms with Crippen LogP contribution < -0.4 is 0 Å². The number of likely N-dealkylation sites (tertiary alicyclic amines) is 1. The zero-order chi connectivity index (χ0) is 14.7. The average molecular weight is 308 g/mol. The molecule has 1 aromatic heterocycles. The summed E-state index contributed by atoms with van der Waals surface area (Å²) in [4.78, 5) is 17.6. The molecule has 2 fully saturated rings. The summed E-state index contributed by atoms with van der Waals surface area (Å²) in [5.41, 5.74) is 1.15. The molecule has 21 heavy (non-hydrogen) atoms. The number of methoxy groups -OCH3 is 1. The second-order valence-electron chi connectivity index (χ2n) is 5.67. The van der Waals surface area contributed by atoms with Gasteiger partial charge < -0.3 is 14.4 Å². The lowest BCUT2D eigenvalue weighted by Gasteiger charge is -2.47. The van der Waals surface area contributed by atoms with Gasteiger partial charge in [0.25, 0.3) is 0 Å². The standard InChI is InChI=1S/C15H20N2O3S/c1-19-8-14(18)17-10-15(11-17)6-13(9-21-15)20-7-12-2-4-16-5-3-12/h2-5,13H,6-11H2,1H3/t13-/m1/s1. The van der Waals surface area contributed by atoms with E-state index in [0.717, 1.165) is 30.8 Å². The monoisotopic (exact) mass is 308 g/mol. The van der Waals surface area contributed by atoms with Crippen molar-refractivity contribution in [1.29, 1.82) is 0 Å². The molecular weight excluding hydrogens is 288 g/mol. The summed E-state index contributed by atoms with van der Waals surface area (Å²) in [5.74, 6) is 1.10. The molecule has 5 nitrogen and oxygen atoms in total. The lowest BCUT2D eigenvalue weighted by Crippen LogP contribution is -2.61. The number of carbonyl (C=O) groups excluding carboxylic acids is 1. The van der Waals surface area contributed by atoms with E-state index in [4.69, 9.17) is 9.47 Å². The third kappa shape index (κ3) is 3.39. The van der Waals surface area contributed by atoms with E-state index in [1.807, 2.05) is 28.8 Å². The number of pyridine rings is 1. The molecule has 1 atom stereocenters. The van der Waals surface area contributed by atoms with Gasteiger partial charge in [-0.2, -0.15) is 0 Å². The molecule has 0 N–H and O–H groups in total. The van der Waals surface area contributed by atoms with Gasteiger partial charge in [-0.1, -0.05) is 0 Å². The predicted octanol–water partition coefficient (Wildman–Crippen LogP) is 1.33. The van der Waals surface area contributed by atoms with E-state index in [1.165, 1.54) is 0 Å². The molecule has 1 aromatic rings. The van der Waals surface area contributed by atoms with E-state index in [9.17, 15) is 4.79 Å². The van der Waals surface area contributed by atoms with Crippen molar-refractivity contribution in [1.82, 2.24) is 9.88 Å². The van der Waals surface area contributed by atoms with Gasteiger partial charge in [-0.05, 0) is 24.1 Å². The van der Waals surface area contributed by atoms with Crippen molar-refractivity contribution < 1.29 is 14.3 Å². The molecule has 3 heterocycles. The van der Waals surface area contributed by atoms with E-state index < -0.39 is 0 Å². The van der Waals surface area contributed by atoms with Gasteiger partial charge in [0, 0.05) is 38.3 Å². The minimum absolute atomic E-state index is 0.0879. The normalized spacial score (nSPS) is 23.3. The van der Waals surface area contributed by atoms with E-state index in [2.05, 4.69) is 4.98 Å². The molecule has 2 aliphatic rings. The Balaban J connectivity index is 1.43. The Morgan fingerprint density at radius 2 is 2.24 bits per heavy atom. The minimum atomic E-state index is 0.0879. The van der Waals surface area contributed by atoms with Crippen LogP contribution in [0.3, 0.4) is 0 Å². The van der Waals surface area contributed by atoms with E-state index in [1.54, 1.807) is 19.5 Å². The Kier molecular flexibility index (Phi) is 4.47. The maximum Gasteiger partial charge on any atom is 0.248 e. The third-order valence-electron chi connectivity index (χ3n) is 3.99. The zero-order valence-electron chi connectivity index (χ0n) is 12.2. The van der Waals surface area contributed by atoms with Crippen molar-refractivity contribution in [3.8, 4) is 0 Å². The highest BCUT2D eigenvalue weighted by molar-refractivity contribution is 8.01. The van der Waals surface area contributed by atoms with Gasteiger partial charge in [0.15, 0.2) is 0 Å². The summed E-state index contributed by atoms with van der Waals surface area (Å²) in [6.07, 6.45) is 4.88. The van der Waals surface area contributed by atoms with Gasteiger partial charge in [-0.3, -0.25) is 9.78 Å². The van der Waals surface area contributed by atoms with Gasteiger partial charge in [0.1, 0.15) is 6.61 Å². The number of rotatable bonds is 5. The van der Waals surface area contributed by atoms with E-state index in [-0.39, 0.29) is 23.4 Å². The number of hydrogen-bond acceptors (Lipinski definition) is 5. The molecule has 0 radical (unpaired) electrons. The minimum Gasteiger partial charge on any atom is -0.375 e. The lowest BCUT2D eigenvalue weighted by atomic mass is 9.93. The zero-order valence-corrected chi connectivity index (χ0v) is 13.0. The van der Waals surface area contributed by atoms with Crippen LogP contribution in [0.5, 0.6) is 0 Å². The number of amides is 1. The van der Waals surface area contributed by atoms with Crippen LogP contribution in [-0.2, 0) is 20.9 Å². The maximum absolute atomic E-state index is 11.7. The van der Waals surface area contributed by atoms with Crippen molar-refractivity contribution >= 4 is 17.7 Å². The summed E-state index contributed by atoms with van der Waals surface area (Å²) in [6, 6.07) is 3.96. The number of carbonyl (C=O) groups is 1. The van der Waals surface area contributed by atoms with Crippen LogP contribution in [0.25, 0.3) is 0 Å². The Hall–Kier alpha value is -1.11. The molecule has 0 aromatic carbocycles. The smallest absolute Gasteiger partial charge is 0.248 e. The van der Waals surface area contributed by atoms with Crippen LogP contribution in [0.2, 0.25) is 0 Å². The number of aromatic nitrogens is 1. The molecule has 0 aliphatic carbocycles. The largest absolute Gasteiger partial charge is 0.375 e. The highest BCUT2D eigenvalue weighted by Gasteiger charge is 2.50. The lowest BCUT2D eigenvalue weighted by molar-refractivity contribution is -0.140. The quantitative estimate of drug-likeness (QED) is 0.821. The Morgan fingerprint density at radius 1 is 1.48 bits per heavy atom. The first kappa shape index (κ1) is 14.8. The van der Waals surface area contributed by atoms with E-state index >= 15 is 0 Å². The second-order valence-corrected chi connectivity index (χ2v) is 7.16. The van der Waals surface area contributed by atoms with Crippen LogP contribution in [-0.4, -0.2) is 59.2 Å². The first-order chi connectivity index (χ1) is 10.2. The van der Waals surface area contributed by atoms with Crippen LogP contribution >= 0.6 is 11.8 Å². The summed E-state index contributed by atoms with van der Waals surface area (Å²) in [6.45, 7) is 2.48. The molecule has 6 heteroatoms. The fourth-order valence-electron chi connectivity index (χ4n) is 2.86. The molecule has 2 saturated heterocycles. The third-order valence-corrected chi connectivity index (χ3v) is 5.56. The number of nitrogens with zero attached hydrogens (tertiary/aromatic N) is 2. The fraction of sp³-hybridized carbons (Fsp3) is 0.600. The van der Waals surface area contributed by atoms with Crippen LogP contribution in [0.15, 0.2) is 24.5 Å². The molecule has 1 amide bonds. The summed E-state index contributed by atoms with van der Waals surface area (Å²) >= 11 is 1.94. The van der Waals surface area contributed by atoms with Gasteiger partial charge in [-0.15, -0.1) is 11.8 Å². The van der Waals surface area contributed by atoms with Gasteiger partial charge >= 0.3 is 0 Å². The summed E-state index contributed by atoms with van der Waals surface area (Å²) in [7, 11) is 1.56. The van der Waals surface area contributed by atoms with Crippen molar-refractivity contribution in [3.05, 3.63) is 30.1 Å². The average Bonchev–Trinajstić information content (AvgIpc) is 2.89. The molecule has 0 saturated carbocycles. The molecule has 0 bridgehead atoms. The second kappa shape index (κ2) is 6.34. The van der Waals surface area contributed by atoms with Gasteiger partial charge in [0.2, 0.25) is 5.91 Å². The van der Waals surface area contributed by atoms with Crippen LogP contribution in [0, 0.1) is 0 Å². The van der Waals surface area contributed by atoms with Gasteiger partial charge in [-0.25, -0.2) is 0 Å². The number of thioether (sulfide) groups is 1. The van der Waals surface area contributed by atoms with Crippen molar-refractivity contribution in [2.75, 3.05) is 32.6 Å². The highest BCUT2D eigenvalue weighted by atomic mass is 32.2. The molecule has 114 valence electrons. The first-order valence-electron chi connectivity index (χ1n) is 7.12. The molecular formula is C15H20N2O3S. The first-order valence-corrected chi connectivity index (χ1v) is 8.10. The van der Waals surface area contributed by atoms with Crippen molar-refractivity contribution in [2.24, 2.45) is 0 Å². The van der Waals surface area contributed by atoms with E-state index in [0.29, 0.717) is 6.61 Å². The Labute approximate surface area is 129 Å². The predicted molar refractivity (Wildman–Crippen MR) is 81.1 cm³/mol. The molecule has 2 aliphatic heterocycles. The fourth-order valence-corrected chi connectivity index (χ4v) is 4.41. The van der Waals surface area contributed by atoms with Gasteiger partial charge in [0.05, 0.1) is 17.5 Å². The number of ether oxygens (including phenoxy) is 2. The molecule has 1 spiro atoms. The van der Waals surface area contributed by atoms with Crippen molar-refractivity contribution in [2.45, 2.75) is 23.9 Å². The van der Waals surface area contributed by atoms with Crippen LogP contribution in [0.1, 0.15) is 12.0 Å². The SMILES string of the molecule is COCC(=O)N1CC2(C[C@@H](OCc3ccncc3)CS2)C1. The Morgan fingerprint density at radius 3 is 2.95 bits per heavy atom. The van der Waals surface area contributed by atoms with Crippen LogP contribution in [0.4, 0.5) is 0 Å². The summed E-state index contributed by atoms with van der Waals surface area (Å²) in [5, 5.41) is 0. The maximum atomic E-state index is 11.7. The molecule has 3 rings (SSSR count). The molecule has 0 unspecified atom stereocenters. The highest BCUT2D eigenvalue weighted by Crippen LogP contribution is 2.46.